The predicted molar refractivity (Wildman–Crippen MR) is 46.2 cm³/mol. The van der Waals surface area contributed by atoms with Crippen LogP contribution < -0.4 is 10.6 Å². The molecule has 0 aliphatic carbocycles. The van der Waals surface area contributed by atoms with Gasteiger partial charge in [-0.1, -0.05) is 26.0 Å². The standard InChI is InChI=1S/C8H18N2/c1-3-9-7-5-6-8-10-4-2/h5-6,9-10H,3-4,7-8H2,1-2H3/b6-5+. The zero-order chi connectivity index (χ0) is 7.66. The second kappa shape index (κ2) is 8.66. The van der Waals surface area contributed by atoms with Crippen LogP contribution in [-0.4, -0.2) is 26.2 Å². The smallest absolute Gasteiger partial charge is 0.0135 e. The van der Waals surface area contributed by atoms with E-state index in [2.05, 4.69) is 36.6 Å². The van der Waals surface area contributed by atoms with Gasteiger partial charge < -0.3 is 10.6 Å². The lowest BCUT2D eigenvalue weighted by Gasteiger charge is -1.94. The minimum atomic E-state index is 0.988. The predicted octanol–water partition coefficient (Wildman–Crippen LogP) is 0.762. The van der Waals surface area contributed by atoms with E-state index in [1.165, 1.54) is 0 Å². The fourth-order valence-electron chi connectivity index (χ4n) is 0.622. The molecule has 0 aromatic heterocycles. The van der Waals surface area contributed by atoms with Crippen molar-refractivity contribution in [3.05, 3.63) is 12.2 Å². The first-order valence-corrected chi connectivity index (χ1v) is 3.98. The van der Waals surface area contributed by atoms with Gasteiger partial charge in [0.25, 0.3) is 0 Å². The van der Waals surface area contributed by atoms with Crippen molar-refractivity contribution in [2.24, 2.45) is 0 Å². The van der Waals surface area contributed by atoms with Crippen molar-refractivity contribution in [1.29, 1.82) is 0 Å². The quantitative estimate of drug-likeness (QED) is 0.422. The Hall–Kier alpha value is -0.340. The maximum Gasteiger partial charge on any atom is 0.0135 e. The highest BCUT2D eigenvalue weighted by molar-refractivity contribution is 4.85. The highest BCUT2D eigenvalue weighted by atomic mass is 14.8. The molecule has 2 nitrogen and oxygen atoms in total. The average Bonchev–Trinajstić information content (AvgIpc) is 1.97. The molecule has 2 N–H and O–H groups in total. The monoisotopic (exact) mass is 142 g/mol. The summed E-state index contributed by atoms with van der Waals surface area (Å²) < 4.78 is 0. The third-order valence-electron chi connectivity index (χ3n) is 1.19. The lowest BCUT2D eigenvalue weighted by molar-refractivity contribution is 0.780. The molecule has 0 aliphatic heterocycles. The number of hydrogen-bond acceptors (Lipinski definition) is 2. The van der Waals surface area contributed by atoms with Crippen LogP contribution in [-0.2, 0) is 0 Å². The molecule has 0 aromatic carbocycles. The number of likely N-dealkylation sites (N-methyl/N-ethyl adjacent to an activating group) is 2. The van der Waals surface area contributed by atoms with Gasteiger partial charge in [-0.3, -0.25) is 0 Å². The average molecular weight is 142 g/mol. The fraction of sp³-hybridized carbons (Fsp3) is 0.750. The lowest BCUT2D eigenvalue weighted by Crippen LogP contribution is -2.14. The minimum absolute atomic E-state index is 0.988. The van der Waals surface area contributed by atoms with Crippen LogP contribution in [0, 0.1) is 0 Å². The first-order valence-electron chi connectivity index (χ1n) is 3.98. The molecular weight excluding hydrogens is 124 g/mol. The number of nitrogens with one attached hydrogen (secondary N) is 2. The van der Waals surface area contributed by atoms with Gasteiger partial charge in [0.05, 0.1) is 0 Å². The van der Waals surface area contributed by atoms with E-state index in [1.54, 1.807) is 0 Å². The number of hydrogen-bond donors (Lipinski definition) is 2. The lowest BCUT2D eigenvalue weighted by atomic mass is 10.4. The molecule has 0 rings (SSSR count). The summed E-state index contributed by atoms with van der Waals surface area (Å²) in [4.78, 5) is 0. The Labute approximate surface area is 63.7 Å². The van der Waals surface area contributed by atoms with Gasteiger partial charge >= 0.3 is 0 Å². The van der Waals surface area contributed by atoms with E-state index in [4.69, 9.17) is 0 Å². The Balaban J connectivity index is 2.89. The number of rotatable bonds is 6. The molecule has 0 atom stereocenters. The second-order valence-corrected chi connectivity index (χ2v) is 2.09. The van der Waals surface area contributed by atoms with E-state index in [-0.39, 0.29) is 0 Å². The molecular formula is C8H18N2. The SMILES string of the molecule is CCNC/C=C/CNCC. The van der Waals surface area contributed by atoms with Crippen LogP contribution in [0.3, 0.4) is 0 Å². The summed E-state index contributed by atoms with van der Waals surface area (Å²) in [5, 5.41) is 6.42. The highest BCUT2D eigenvalue weighted by Gasteiger charge is 1.75. The van der Waals surface area contributed by atoms with Crippen LogP contribution in [0.4, 0.5) is 0 Å². The topological polar surface area (TPSA) is 24.1 Å². The normalized spacial score (nSPS) is 11.0. The maximum atomic E-state index is 3.21. The van der Waals surface area contributed by atoms with Gasteiger partial charge in [0.2, 0.25) is 0 Å². The van der Waals surface area contributed by atoms with Crippen molar-refractivity contribution in [3.8, 4) is 0 Å². The molecule has 0 unspecified atom stereocenters. The van der Waals surface area contributed by atoms with Gasteiger partial charge in [-0.15, -0.1) is 0 Å². The van der Waals surface area contributed by atoms with E-state index in [0.717, 1.165) is 26.2 Å². The Bertz CT molecular complexity index is 69.3. The molecule has 60 valence electrons. The Kier molecular flexibility index (Phi) is 8.37. The summed E-state index contributed by atoms with van der Waals surface area (Å²) in [6.07, 6.45) is 4.29. The summed E-state index contributed by atoms with van der Waals surface area (Å²) in [5.74, 6) is 0. The summed E-state index contributed by atoms with van der Waals surface area (Å²) in [6, 6.07) is 0. The summed E-state index contributed by atoms with van der Waals surface area (Å²) in [6.45, 7) is 8.29. The van der Waals surface area contributed by atoms with E-state index in [9.17, 15) is 0 Å². The molecule has 0 heterocycles. The van der Waals surface area contributed by atoms with Crippen LogP contribution >= 0.6 is 0 Å². The summed E-state index contributed by atoms with van der Waals surface area (Å²) >= 11 is 0. The zero-order valence-corrected chi connectivity index (χ0v) is 6.98. The molecule has 0 saturated carbocycles. The van der Waals surface area contributed by atoms with Crippen LogP contribution in [0.1, 0.15) is 13.8 Å². The summed E-state index contributed by atoms with van der Waals surface area (Å²) in [5.41, 5.74) is 0. The van der Waals surface area contributed by atoms with Gasteiger partial charge in [0.15, 0.2) is 0 Å². The Morgan fingerprint density at radius 2 is 1.30 bits per heavy atom. The fourth-order valence-corrected chi connectivity index (χ4v) is 0.622. The van der Waals surface area contributed by atoms with Crippen molar-refractivity contribution < 1.29 is 0 Å². The van der Waals surface area contributed by atoms with Crippen LogP contribution in [0.5, 0.6) is 0 Å². The third-order valence-corrected chi connectivity index (χ3v) is 1.19. The molecule has 0 aromatic rings. The molecule has 0 spiro atoms. The van der Waals surface area contributed by atoms with Crippen molar-refractivity contribution >= 4 is 0 Å². The van der Waals surface area contributed by atoms with Gasteiger partial charge in [0, 0.05) is 13.1 Å². The molecule has 0 radical (unpaired) electrons. The van der Waals surface area contributed by atoms with Gasteiger partial charge in [-0.25, -0.2) is 0 Å². The van der Waals surface area contributed by atoms with Gasteiger partial charge in [-0.05, 0) is 13.1 Å². The van der Waals surface area contributed by atoms with E-state index >= 15 is 0 Å². The molecule has 0 aliphatic rings. The largest absolute Gasteiger partial charge is 0.314 e. The summed E-state index contributed by atoms with van der Waals surface area (Å²) in [7, 11) is 0. The van der Waals surface area contributed by atoms with Crippen LogP contribution in [0.15, 0.2) is 12.2 Å². The second-order valence-electron chi connectivity index (χ2n) is 2.09. The van der Waals surface area contributed by atoms with Crippen molar-refractivity contribution in [2.75, 3.05) is 26.2 Å². The van der Waals surface area contributed by atoms with Crippen LogP contribution in [0.2, 0.25) is 0 Å². The minimum Gasteiger partial charge on any atom is -0.314 e. The molecule has 0 fully saturated rings. The molecule has 0 amide bonds. The third kappa shape index (κ3) is 7.66. The Morgan fingerprint density at radius 3 is 1.60 bits per heavy atom. The van der Waals surface area contributed by atoms with Crippen molar-refractivity contribution in [3.63, 3.8) is 0 Å². The molecule has 0 bridgehead atoms. The first kappa shape index (κ1) is 9.66. The van der Waals surface area contributed by atoms with E-state index < -0.39 is 0 Å². The zero-order valence-electron chi connectivity index (χ0n) is 6.98. The van der Waals surface area contributed by atoms with Crippen molar-refractivity contribution in [2.45, 2.75) is 13.8 Å². The molecule has 10 heavy (non-hydrogen) atoms. The van der Waals surface area contributed by atoms with E-state index in [1.807, 2.05) is 0 Å². The van der Waals surface area contributed by atoms with Gasteiger partial charge in [0.1, 0.15) is 0 Å². The van der Waals surface area contributed by atoms with Crippen molar-refractivity contribution in [1.82, 2.24) is 10.6 Å². The highest BCUT2D eigenvalue weighted by Crippen LogP contribution is 1.68. The molecule has 2 heteroatoms. The Morgan fingerprint density at radius 1 is 0.900 bits per heavy atom. The molecule has 0 saturated heterocycles. The van der Waals surface area contributed by atoms with E-state index in [0.29, 0.717) is 0 Å². The van der Waals surface area contributed by atoms with Crippen LogP contribution in [0.25, 0.3) is 0 Å². The maximum absolute atomic E-state index is 3.21. The first-order chi connectivity index (χ1) is 4.91. The van der Waals surface area contributed by atoms with Gasteiger partial charge in [-0.2, -0.15) is 0 Å².